The van der Waals surface area contributed by atoms with E-state index in [0.717, 1.165) is 0 Å². The minimum Gasteiger partial charge on any atom is -0.393 e. The van der Waals surface area contributed by atoms with Gasteiger partial charge in [0.25, 0.3) is 5.91 Å². The van der Waals surface area contributed by atoms with Gasteiger partial charge in [0.05, 0.1) is 24.1 Å². The number of hydrogen-bond acceptors (Lipinski definition) is 4. The summed E-state index contributed by atoms with van der Waals surface area (Å²) in [6.07, 6.45) is 2.99. The van der Waals surface area contributed by atoms with Crippen LogP contribution in [0.1, 0.15) is 30.6 Å². The van der Waals surface area contributed by atoms with Gasteiger partial charge >= 0.3 is 0 Å². The van der Waals surface area contributed by atoms with Crippen molar-refractivity contribution in [3.8, 4) is 0 Å². The third-order valence-electron chi connectivity index (χ3n) is 1.92. The first-order valence-corrected chi connectivity index (χ1v) is 4.85. The minimum atomic E-state index is -0.420. The standard InChI is InChI=1S/C10H15N3O2/c1-7(5-8(2)14)13-10(15)9-3-4-11-12-6-9/h3-4,6-8,14H,5H2,1-2H3,(H,13,15). The van der Waals surface area contributed by atoms with Crippen LogP contribution in [0.3, 0.4) is 0 Å². The van der Waals surface area contributed by atoms with Gasteiger partial charge in [-0.1, -0.05) is 0 Å². The number of aliphatic hydroxyl groups is 1. The van der Waals surface area contributed by atoms with E-state index in [4.69, 9.17) is 5.11 Å². The molecule has 15 heavy (non-hydrogen) atoms. The number of aromatic nitrogens is 2. The maximum absolute atomic E-state index is 11.6. The monoisotopic (exact) mass is 209 g/mol. The molecule has 0 aliphatic carbocycles. The smallest absolute Gasteiger partial charge is 0.253 e. The van der Waals surface area contributed by atoms with Gasteiger partial charge in [-0.3, -0.25) is 4.79 Å². The largest absolute Gasteiger partial charge is 0.393 e. The number of hydrogen-bond donors (Lipinski definition) is 2. The van der Waals surface area contributed by atoms with Gasteiger partial charge in [-0.05, 0) is 26.3 Å². The lowest BCUT2D eigenvalue weighted by molar-refractivity contribution is 0.0922. The van der Waals surface area contributed by atoms with E-state index < -0.39 is 6.10 Å². The molecule has 1 heterocycles. The Labute approximate surface area is 88.5 Å². The number of rotatable bonds is 4. The van der Waals surface area contributed by atoms with Gasteiger partial charge < -0.3 is 10.4 Å². The van der Waals surface area contributed by atoms with Gasteiger partial charge in [-0.25, -0.2) is 0 Å². The molecule has 0 aromatic carbocycles. The van der Waals surface area contributed by atoms with Crippen LogP contribution in [0.5, 0.6) is 0 Å². The molecule has 0 bridgehead atoms. The lowest BCUT2D eigenvalue weighted by atomic mass is 10.1. The molecule has 1 amide bonds. The first-order chi connectivity index (χ1) is 7.09. The van der Waals surface area contributed by atoms with Crippen LogP contribution in [0.25, 0.3) is 0 Å². The molecule has 1 rings (SSSR count). The third-order valence-corrected chi connectivity index (χ3v) is 1.92. The van der Waals surface area contributed by atoms with Crippen molar-refractivity contribution < 1.29 is 9.90 Å². The average Bonchev–Trinajstić information content (AvgIpc) is 2.17. The van der Waals surface area contributed by atoms with E-state index >= 15 is 0 Å². The molecule has 0 spiro atoms. The van der Waals surface area contributed by atoms with Crippen LogP contribution in [-0.2, 0) is 0 Å². The SMILES string of the molecule is CC(O)CC(C)NC(=O)c1ccnnc1. The lowest BCUT2D eigenvalue weighted by Crippen LogP contribution is -2.34. The predicted octanol–water partition coefficient (Wildman–Crippen LogP) is 0.366. The van der Waals surface area contributed by atoms with Gasteiger partial charge in [0.1, 0.15) is 0 Å². The van der Waals surface area contributed by atoms with Crippen molar-refractivity contribution in [2.45, 2.75) is 32.4 Å². The zero-order valence-corrected chi connectivity index (χ0v) is 8.84. The normalized spacial score (nSPS) is 14.3. The molecule has 0 fully saturated rings. The number of nitrogens with zero attached hydrogens (tertiary/aromatic N) is 2. The summed E-state index contributed by atoms with van der Waals surface area (Å²) in [7, 11) is 0. The number of carbonyl (C=O) groups is 1. The van der Waals surface area contributed by atoms with Crippen LogP contribution in [0, 0.1) is 0 Å². The molecule has 1 aromatic rings. The Morgan fingerprint density at radius 2 is 2.27 bits per heavy atom. The molecule has 5 heteroatoms. The van der Waals surface area contributed by atoms with Crippen LogP contribution < -0.4 is 5.32 Å². The molecule has 0 radical (unpaired) electrons. The maximum Gasteiger partial charge on any atom is 0.253 e. The summed E-state index contributed by atoms with van der Waals surface area (Å²) in [5.41, 5.74) is 0.474. The van der Waals surface area contributed by atoms with E-state index in [0.29, 0.717) is 12.0 Å². The van der Waals surface area contributed by atoms with Gasteiger partial charge in [-0.15, -0.1) is 0 Å². The Morgan fingerprint density at radius 3 is 2.80 bits per heavy atom. The summed E-state index contributed by atoms with van der Waals surface area (Å²) in [6.45, 7) is 3.54. The van der Waals surface area contributed by atoms with Crippen LogP contribution >= 0.6 is 0 Å². The zero-order chi connectivity index (χ0) is 11.3. The first-order valence-electron chi connectivity index (χ1n) is 4.85. The van der Waals surface area contributed by atoms with E-state index in [2.05, 4.69) is 15.5 Å². The third kappa shape index (κ3) is 4.03. The molecule has 5 nitrogen and oxygen atoms in total. The highest BCUT2D eigenvalue weighted by Crippen LogP contribution is 1.99. The number of amides is 1. The highest BCUT2D eigenvalue weighted by molar-refractivity contribution is 5.93. The van der Waals surface area contributed by atoms with Crippen molar-refractivity contribution in [1.82, 2.24) is 15.5 Å². The summed E-state index contributed by atoms with van der Waals surface area (Å²) in [5, 5.41) is 19.1. The van der Waals surface area contributed by atoms with Crippen molar-refractivity contribution in [3.63, 3.8) is 0 Å². The van der Waals surface area contributed by atoms with Crippen LogP contribution in [0.4, 0.5) is 0 Å². The molecule has 1 aromatic heterocycles. The minimum absolute atomic E-state index is 0.0642. The molecule has 0 saturated heterocycles. The van der Waals surface area contributed by atoms with Gasteiger partial charge in [-0.2, -0.15) is 10.2 Å². The highest BCUT2D eigenvalue weighted by Gasteiger charge is 2.11. The van der Waals surface area contributed by atoms with Crippen LogP contribution in [0.2, 0.25) is 0 Å². The number of aliphatic hydroxyl groups excluding tert-OH is 1. The van der Waals surface area contributed by atoms with Crippen molar-refractivity contribution in [2.24, 2.45) is 0 Å². The second kappa shape index (κ2) is 5.41. The molecule has 2 atom stereocenters. The fourth-order valence-corrected chi connectivity index (χ4v) is 1.30. The molecule has 2 unspecified atom stereocenters. The predicted molar refractivity (Wildman–Crippen MR) is 55.3 cm³/mol. The van der Waals surface area contributed by atoms with Crippen LogP contribution in [-0.4, -0.2) is 33.4 Å². The highest BCUT2D eigenvalue weighted by atomic mass is 16.3. The Hall–Kier alpha value is -1.49. The van der Waals surface area contributed by atoms with Crippen molar-refractivity contribution in [3.05, 3.63) is 24.0 Å². The Bertz CT molecular complexity index is 314. The topological polar surface area (TPSA) is 75.1 Å². The summed E-state index contributed by atoms with van der Waals surface area (Å²) < 4.78 is 0. The summed E-state index contributed by atoms with van der Waals surface area (Å²) in [4.78, 5) is 11.6. The van der Waals surface area contributed by atoms with E-state index in [1.807, 2.05) is 6.92 Å². The van der Waals surface area contributed by atoms with Gasteiger partial charge in [0.15, 0.2) is 0 Å². The fraction of sp³-hybridized carbons (Fsp3) is 0.500. The zero-order valence-electron chi connectivity index (χ0n) is 8.84. The average molecular weight is 209 g/mol. The molecule has 0 aliphatic heterocycles. The molecule has 82 valence electrons. The summed E-state index contributed by atoms with van der Waals surface area (Å²) in [5.74, 6) is -0.196. The first kappa shape index (κ1) is 11.6. The summed E-state index contributed by atoms with van der Waals surface area (Å²) >= 11 is 0. The molecule has 0 saturated carbocycles. The molecular weight excluding hydrogens is 194 g/mol. The van der Waals surface area contributed by atoms with Crippen molar-refractivity contribution in [2.75, 3.05) is 0 Å². The second-order valence-electron chi connectivity index (χ2n) is 3.59. The lowest BCUT2D eigenvalue weighted by Gasteiger charge is -2.14. The van der Waals surface area contributed by atoms with E-state index in [-0.39, 0.29) is 11.9 Å². The van der Waals surface area contributed by atoms with Crippen molar-refractivity contribution in [1.29, 1.82) is 0 Å². The Balaban J connectivity index is 2.49. The Morgan fingerprint density at radius 1 is 1.53 bits per heavy atom. The number of carbonyl (C=O) groups excluding carboxylic acids is 1. The van der Waals surface area contributed by atoms with Crippen molar-refractivity contribution >= 4 is 5.91 Å². The quantitative estimate of drug-likeness (QED) is 0.751. The second-order valence-corrected chi connectivity index (χ2v) is 3.59. The maximum atomic E-state index is 11.6. The van der Waals surface area contributed by atoms with Crippen LogP contribution in [0.15, 0.2) is 18.5 Å². The number of nitrogens with one attached hydrogen (secondary N) is 1. The van der Waals surface area contributed by atoms with Gasteiger partial charge in [0.2, 0.25) is 0 Å². The molecular formula is C10H15N3O2. The molecule has 2 N–H and O–H groups in total. The van der Waals surface area contributed by atoms with E-state index in [1.165, 1.54) is 12.4 Å². The van der Waals surface area contributed by atoms with E-state index in [9.17, 15) is 4.79 Å². The fourth-order valence-electron chi connectivity index (χ4n) is 1.30. The summed E-state index contributed by atoms with van der Waals surface area (Å²) in [6, 6.07) is 1.53. The van der Waals surface area contributed by atoms with Gasteiger partial charge in [0, 0.05) is 6.04 Å². The van der Waals surface area contributed by atoms with E-state index in [1.54, 1.807) is 13.0 Å². The Kier molecular flexibility index (Phi) is 4.17. The molecule has 0 aliphatic rings.